The van der Waals surface area contributed by atoms with E-state index in [1.165, 1.54) is 6.07 Å². The number of carboxylic acids is 1. The molecule has 1 amide bonds. The first-order valence-electron chi connectivity index (χ1n) is 6.90. The largest absolute Gasteiger partial charge is 0.478 e. The molecule has 1 aromatic carbocycles. The molecule has 1 heterocycles. The van der Waals surface area contributed by atoms with Crippen LogP contribution in [0.3, 0.4) is 0 Å². The van der Waals surface area contributed by atoms with Crippen LogP contribution < -0.4 is 5.32 Å². The highest BCUT2D eigenvalue weighted by Crippen LogP contribution is 2.22. The van der Waals surface area contributed by atoms with Crippen molar-refractivity contribution in [2.75, 3.05) is 0 Å². The topological polar surface area (TPSA) is 92.2 Å². The van der Waals surface area contributed by atoms with Crippen molar-refractivity contribution in [3.05, 3.63) is 48.0 Å². The van der Waals surface area contributed by atoms with Gasteiger partial charge in [-0.1, -0.05) is 32.0 Å². The quantitative estimate of drug-likeness (QED) is 0.882. The highest BCUT2D eigenvalue weighted by molar-refractivity contribution is 5.95. The second kappa shape index (κ2) is 6.80. The van der Waals surface area contributed by atoms with Crippen LogP contribution in [0.4, 0.5) is 0 Å². The number of nitrogens with zero attached hydrogens (tertiary/aromatic N) is 2. The molecule has 2 rings (SSSR count). The summed E-state index contributed by atoms with van der Waals surface area (Å²) >= 11 is 0. The number of nitrogens with one attached hydrogen (secondary N) is 1. The smallest absolute Gasteiger partial charge is 0.336 e. The van der Waals surface area contributed by atoms with E-state index in [2.05, 4.69) is 15.3 Å². The summed E-state index contributed by atoms with van der Waals surface area (Å²) in [7, 11) is 0. The van der Waals surface area contributed by atoms with E-state index in [1.54, 1.807) is 30.6 Å². The standard InChI is InChI=1S/C16H17N3O3/c1-10(2)15(20)19-9-14-17-7-11(8-18-14)12-5-3-4-6-13(12)16(21)22/h3-8,10H,9H2,1-2H3,(H,19,20)(H,21,22). The molecule has 0 bridgehead atoms. The summed E-state index contributed by atoms with van der Waals surface area (Å²) in [6.45, 7) is 3.86. The first kappa shape index (κ1) is 15.6. The second-order valence-corrected chi connectivity index (χ2v) is 5.11. The number of carboxylic acid groups (broad SMARTS) is 1. The van der Waals surface area contributed by atoms with Crippen molar-refractivity contribution < 1.29 is 14.7 Å². The minimum absolute atomic E-state index is 0.0658. The maximum Gasteiger partial charge on any atom is 0.336 e. The van der Waals surface area contributed by atoms with E-state index in [1.807, 2.05) is 13.8 Å². The van der Waals surface area contributed by atoms with Gasteiger partial charge in [0.05, 0.1) is 12.1 Å². The predicted molar refractivity (Wildman–Crippen MR) is 81.1 cm³/mol. The number of aromatic carboxylic acids is 1. The Bertz CT molecular complexity index is 681. The molecule has 0 aliphatic rings. The van der Waals surface area contributed by atoms with Crippen LogP contribution in [-0.2, 0) is 11.3 Å². The van der Waals surface area contributed by atoms with Gasteiger partial charge in [0.15, 0.2) is 0 Å². The van der Waals surface area contributed by atoms with Gasteiger partial charge in [-0.2, -0.15) is 0 Å². The van der Waals surface area contributed by atoms with Crippen molar-refractivity contribution in [3.8, 4) is 11.1 Å². The van der Waals surface area contributed by atoms with Crippen LogP contribution in [0.2, 0.25) is 0 Å². The Morgan fingerprint density at radius 2 is 1.82 bits per heavy atom. The lowest BCUT2D eigenvalue weighted by Gasteiger charge is -2.08. The molecule has 114 valence electrons. The van der Waals surface area contributed by atoms with Gasteiger partial charge in [-0.3, -0.25) is 4.79 Å². The summed E-state index contributed by atoms with van der Waals surface area (Å²) in [6.07, 6.45) is 3.12. The summed E-state index contributed by atoms with van der Waals surface area (Å²) in [6, 6.07) is 6.68. The van der Waals surface area contributed by atoms with E-state index in [4.69, 9.17) is 0 Å². The average molecular weight is 299 g/mol. The van der Waals surface area contributed by atoms with Crippen LogP contribution in [0.25, 0.3) is 11.1 Å². The minimum Gasteiger partial charge on any atom is -0.478 e. The predicted octanol–water partition coefficient (Wildman–Crippen LogP) is 2.11. The lowest BCUT2D eigenvalue weighted by Crippen LogP contribution is -2.27. The van der Waals surface area contributed by atoms with Gasteiger partial charge in [-0.25, -0.2) is 14.8 Å². The zero-order chi connectivity index (χ0) is 16.1. The number of rotatable bonds is 5. The van der Waals surface area contributed by atoms with E-state index >= 15 is 0 Å². The molecule has 0 saturated heterocycles. The molecule has 0 unspecified atom stereocenters. The van der Waals surface area contributed by atoms with Crippen LogP contribution >= 0.6 is 0 Å². The number of benzene rings is 1. The Morgan fingerprint density at radius 3 is 2.41 bits per heavy atom. The molecule has 0 radical (unpaired) electrons. The molecule has 0 saturated carbocycles. The zero-order valence-corrected chi connectivity index (χ0v) is 12.4. The molecular formula is C16H17N3O3. The molecule has 0 aliphatic carbocycles. The van der Waals surface area contributed by atoms with Crippen LogP contribution in [-0.4, -0.2) is 27.0 Å². The van der Waals surface area contributed by atoms with Crippen LogP contribution in [0.5, 0.6) is 0 Å². The van der Waals surface area contributed by atoms with E-state index in [-0.39, 0.29) is 23.9 Å². The summed E-state index contributed by atoms with van der Waals surface area (Å²) in [5, 5.41) is 11.9. The minimum atomic E-state index is -0.996. The van der Waals surface area contributed by atoms with Crippen LogP contribution in [0.1, 0.15) is 30.0 Å². The van der Waals surface area contributed by atoms with Crippen molar-refractivity contribution in [2.45, 2.75) is 20.4 Å². The van der Waals surface area contributed by atoms with E-state index in [0.29, 0.717) is 17.0 Å². The van der Waals surface area contributed by atoms with Gasteiger partial charge < -0.3 is 10.4 Å². The summed E-state index contributed by atoms with van der Waals surface area (Å²) < 4.78 is 0. The Morgan fingerprint density at radius 1 is 1.18 bits per heavy atom. The molecule has 0 spiro atoms. The Kier molecular flexibility index (Phi) is 4.83. The third kappa shape index (κ3) is 3.66. The van der Waals surface area contributed by atoms with Crippen LogP contribution in [0, 0.1) is 5.92 Å². The van der Waals surface area contributed by atoms with Gasteiger partial charge in [0.2, 0.25) is 5.91 Å². The van der Waals surface area contributed by atoms with E-state index < -0.39 is 5.97 Å². The summed E-state index contributed by atoms with van der Waals surface area (Å²) in [5.41, 5.74) is 1.39. The lowest BCUT2D eigenvalue weighted by molar-refractivity contribution is -0.124. The Labute approximate surface area is 128 Å². The molecule has 22 heavy (non-hydrogen) atoms. The first-order chi connectivity index (χ1) is 10.5. The molecule has 2 N–H and O–H groups in total. The molecular weight excluding hydrogens is 282 g/mol. The van der Waals surface area contributed by atoms with E-state index in [0.717, 1.165) is 0 Å². The number of hydrogen-bond acceptors (Lipinski definition) is 4. The highest BCUT2D eigenvalue weighted by Gasteiger charge is 2.12. The van der Waals surface area contributed by atoms with Crippen molar-refractivity contribution >= 4 is 11.9 Å². The third-order valence-corrected chi connectivity index (χ3v) is 3.12. The van der Waals surface area contributed by atoms with Gasteiger partial charge in [0.1, 0.15) is 5.82 Å². The van der Waals surface area contributed by atoms with Gasteiger partial charge in [0.25, 0.3) is 0 Å². The maximum atomic E-state index is 11.5. The number of carbonyl (C=O) groups excluding carboxylic acids is 1. The molecule has 6 nitrogen and oxygen atoms in total. The Balaban J connectivity index is 2.16. The summed E-state index contributed by atoms with van der Waals surface area (Å²) in [5.74, 6) is -0.681. The maximum absolute atomic E-state index is 11.5. The Hall–Kier alpha value is -2.76. The fourth-order valence-electron chi connectivity index (χ4n) is 1.88. The highest BCUT2D eigenvalue weighted by atomic mass is 16.4. The van der Waals surface area contributed by atoms with Gasteiger partial charge in [-0.15, -0.1) is 0 Å². The molecule has 0 aliphatic heterocycles. The molecule has 2 aromatic rings. The number of hydrogen-bond donors (Lipinski definition) is 2. The van der Waals surface area contributed by atoms with Gasteiger partial charge >= 0.3 is 5.97 Å². The third-order valence-electron chi connectivity index (χ3n) is 3.12. The molecule has 0 atom stereocenters. The first-order valence-corrected chi connectivity index (χ1v) is 6.90. The van der Waals surface area contributed by atoms with Gasteiger partial charge in [0, 0.05) is 23.9 Å². The van der Waals surface area contributed by atoms with Crippen LogP contribution in [0.15, 0.2) is 36.7 Å². The van der Waals surface area contributed by atoms with Crippen molar-refractivity contribution in [1.29, 1.82) is 0 Å². The molecule has 1 aromatic heterocycles. The zero-order valence-electron chi connectivity index (χ0n) is 12.4. The monoisotopic (exact) mass is 299 g/mol. The fraction of sp³-hybridized carbons (Fsp3) is 0.250. The lowest BCUT2D eigenvalue weighted by atomic mass is 10.0. The molecule has 0 fully saturated rings. The molecule has 6 heteroatoms. The number of aromatic nitrogens is 2. The SMILES string of the molecule is CC(C)C(=O)NCc1ncc(-c2ccccc2C(=O)O)cn1. The van der Waals surface area contributed by atoms with Gasteiger partial charge in [-0.05, 0) is 11.6 Å². The summed E-state index contributed by atoms with van der Waals surface area (Å²) in [4.78, 5) is 31.0. The van der Waals surface area contributed by atoms with E-state index in [9.17, 15) is 14.7 Å². The normalized spacial score (nSPS) is 10.5. The average Bonchev–Trinajstić information content (AvgIpc) is 2.53. The van der Waals surface area contributed by atoms with Crippen molar-refractivity contribution in [2.24, 2.45) is 5.92 Å². The fourth-order valence-corrected chi connectivity index (χ4v) is 1.88. The van der Waals surface area contributed by atoms with Crippen molar-refractivity contribution in [3.63, 3.8) is 0 Å². The number of amides is 1. The second-order valence-electron chi connectivity index (χ2n) is 5.11. The number of carbonyl (C=O) groups is 2. The van der Waals surface area contributed by atoms with Crippen molar-refractivity contribution in [1.82, 2.24) is 15.3 Å².